The molecule has 10 heteroatoms. The SMILES string of the molecule is O=P(O)(O)CN1CCCN(CP(=O)(O)O)CC1. The van der Waals surface area contributed by atoms with E-state index in [9.17, 15) is 9.13 Å². The molecule has 0 aromatic carbocycles. The molecule has 1 saturated heterocycles. The second-order valence-corrected chi connectivity index (χ2v) is 7.43. The van der Waals surface area contributed by atoms with E-state index in [0.29, 0.717) is 32.6 Å². The monoisotopic (exact) mass is 288 g/mol. The standard InChI is InChI=1S/C7H18N2O6P2/c10-16(11,12)6-8-2-1-3-9(5-4-8)7-17(13,14)15/h1-7H2,(H2,10,11,12)(H2,13,14,15). The van der Waals surface area contributed by atoms with Crippen molar-refractivity contribution in [1.82, 2.24) is 9.80 Å². The van der Waals surface area contributed by atoms with Crippen LogP contribution in [0.4, 0.5) is 0 Å². The second-order valence-electron chi connectivity index (χ2n) is 4.20. The first-order chi connectivity index (χ1) is 7.66. The zero-order chi connectivity index (χ0) is 13.1. The molecule has 0 bridgehead atoms. The Kier molecular flexibility index (Phi) is 5.31. The third-order valence-corrected chi connectivity index (χ3v) is 3.99. The minimum Gasteiger partial charge on any atom is -0.324 e. The number of hydrogen-bond acceptors (Lipinski definition) is 4. The minimum absolute atomic E-state index is 0.295. The molecule has 1 fully saturated rings. The fourth-order valence-electron chi connectivity index (χ4n) is 1.83. The van der Waals surface area contributed by atoms with Crippen LogP contribution in [0.5, 0.6) is 0 Å². The van der Waals surface area contributed by atoms with Crippen LogP contribution in [-0.4, -0.2) is 68.1 Å². The summed E-state index contributed by atoms with van der Waals surface area (Å²) in [7, 11) is -8.12. The highest BCUT2D eigenvalue weighted by Gasteiger charge is 2.25. The van der Waals surface area contributed by atoms with Crippen molar-refractivity contribution in [2.45, 2.75) is 6.42 Å². The number of hydrogen-bond donors (Lipinski definition) is 4. The quantitative estimate of drug-likeness (QED) is 0.499. The van der Waals surface area contributed by atoms with E-state index in [0.717, 1.165) is 0 Å². The van der Waals surface area contributed by atoms with Crippen molar-refractivity contribution in [2.75, 3.05) is 38.8 Å². The van der Waals surface area contributed by atoms with Crippen molar-refractivity contribution >= 4 is 15.2 Å². The van der Waals surface area contributed by atoms with Crippen LogP contribution < -0.4 is 0 Å². The highest BCUT2D eigenvalue weighted by molar-refractivity contribution is 7.51. The third-order valence-electron chi connectivity index (χ3n) is 2.45. The van der Waals surface area contributed by atoms with Gasteiger partial charge in [-0.25, -0.2) is 0 Å². The molecule has 0 unspecified atom stereocenters. The summed E-state index contributed by atoms with van der Waals surface area (Å²) in [4.78, 5) is 38.6. The van der Waals surface area contributed by atoms with Gasteiger partial charge in [0.05, 0.1) is 0 Å². The molecule has 4 N–H and O–H groups in total. The van der Waals surface area contributed by atoms with E-state index in [2.05, 4.69) is 0 Å². The average molecular weight is 288 g/mol. The Morgan fingerprint density at radius 1 is 0.765 bits per heavy atom. The molecule has 17 heavy (non-hydrogen) atoms. The normalized spacial score (nSPS) is 21.4. The molecule has 0 aromatic rings. The van der Waals surface area contributed by atoms with Gasteiger partial charge in [0, 0.05) is 26.2 Å². The molecule has 0 atom stereocenters. The summed E-state index contributed by atoms with van der Waals surface area (Å²) in [6.07, 6.45) is 0.0491. The molecule has 0 saturated carbocycles. The molecule has 0 aliphatic carbocycles. The molecule has 102 valence electrons. The van der Waals surface area contributed by atoms with Crippen LogP contribution in [0.1, 0.15) is 6.42 Å². The summed E-state index contributed by atoms with van der Waals surface area (Å²) < 4.78 is 21.7. The van der Waals surface area contributed by atoms with Gasteiger partial charge < -0.3 is 19.6 Å². The molecular weight excluding hydrogens is 270 g/mol. The molecule has 0 amide bonds. The summed E-state index contributed by atoms with van der Waals surface area (Å²) in [5, 5.41) is 0. The van der Waals surface area contributed by atoms with Crippen LogP contribution in [0.25, 0.3) is 0 Å². The van der Waals surface area contributed by atoms with Crippen LogP contribution in [0.3, 0.4) is 0 Å². The molecule has 1 aliphatic heterocycles. The highest BCUT2D eigenvalue weighted by Crippen LogP contribution is 2.37. The summed E-state index contributed by atoms with van der Waals surface area (Å²) in [6.45, 7) is 1.88. The second kappa shape index (κ2) is 5.91. The van der Waals surface area contributed by atoms with Gasteiger partial charge >= 0.3 is 15.2 Å². The van der Waals surface area contributed by atoms with Crippen LogP contribution in [0.2, 0.25) is 0 Å². The van der Waals surface area contributed by atoms with E-state index in [1.165, 1.54) is 0 Å². The average Bonchev–Trinajstić information content (AvgIpc) is 2.25. The van der Waals surface area contributed by atoms with E-state index in [-0.39, 0.29) is 12.6 Å². The van der Waals surface area contributed by atoms with Crippen LogP contribution in [-0.2, 0) is 9.13 Å². The summed E-state index contributed by atoms with van der Waals surface area (Å²) in [5.41, 5.74) is 0. The molecular formula is C7H18N2O6P2. The topological polar surface area (TPSA) is 122 Å². The smallest absolute Gasteiger partial charge is 0.324 e. The van der Waals surface area contributed by atoms with E-state index in [1.807, 2.05) is 0 Å². The Bertz CT molecular complexity index is 307. The van der Waals surface area contributed by atoms with Crippen molar-refractivity contribution in [2.24, 2.45) is 0 Å². The molecule has 1 aliphatic rings. The maximum absolute atomic E-state index is 10.8. The molecule has 1 rings (SSSR count). The van der Waals surface area contributed by atoms with E-state index in [1.54, 1.807) is 9.80 Å². The minimum atomic E-state index is -4.06. The highest BCUT2D eigenvalue weighted by atomic mass is 31.2. The lowest BCUT2D eigenvalue weighted by Gasteiger charge is -2.22. The van der Waals surface area contributed by atoms with Gasteiger partial charge in [0.25, 0.3) is 0 Å². The van der Waals surface area contributed by atoms with Crippen molar-refractivity contribution in [3.63, 3.8) is 0 Å². The molecule has 0 radical (unpaired) electrons. The molecule has 8 nitrogen and oxygen atoms in total. The fourth-order valence-corrected chi connectivity index (χ4v) is 3.44. The predicted molar refractivity (Wildman–Crippen MR) is 61.6 cm³/mol. The first kappa shape index (κ1) is 15.3. The van der Waals surface area contributed by atoms with Crippen LogP contribution >= 0.6 is 15.2 Å². The van der Waals surface area contributed by atoms with Gasteiger partial charge in [-0.15, -0.1) is 0 Å². The third kappa shape index (κ3) is 7.28. The fraction of sp³-hybridized carbons (Fsp3) is 1.00. The lowest BCUT2D eigenvalue weighted by atomic mass is 10.4. The van der Waals surface area contributed by atoms with Gasteiger partial charge in [0.2, 0.25) is 0 Å². The summed E-state index contributed by atoms with van der Waals surface area (Å²) >= 11 is 0. The number of rotatable bonds is 4. The van der Waals surface area contributed by atoms with Gasteiger partial charge in [-0.1, -0.05) is 0 Å². The maximum Gasteiger partial charge on any atom is 0.339 e. The van der Waals surface area contributed by atoms with Gasteiger partial charge in [-0.2, -0.15) is 0 Å². The van der Waals surface area contributed by atoms with E-state index >= 15 is 0 Å². The van der Waals surface area contributed by atoms with Crippen molar-refractivity contribution in [3.8, 4) is 0 Å². The van der Waals surface area contributed by atoms with Crippen LogP contribution in [0.15, 0.2) is 0 Å². The Labute approximate surface area is 99.5 Å². The molecule has 1 heterocycles. The van der Waals surface area contributed by atoms with E-state index < -0.39 is 15.2 Å². The Morgan fingerprint density at radius 2 is 1.12 bits per heavy atom. The summed E-state index contributed by atoms with van der Waals surface area (Å²) in [5.74, 6) is 0. The van der Waals surface area contributed by atoms with Gasteiger partial charge in [-0.3, -0.25) is 18.9 Å². The zero-order valence-electron chi connectivity index (χ0n) is 9.34. The van der Waals surface area contributed by atoms with Crippen molar-refractivity contribution < 1.29 is 28.7 Å². The van der Waals surface area contributed by atoms with Crippen molar-refractivity contribution in [3.05, 3.63) is 0 Å². The lowest BCUT2D eigenvalue weighted by molar-refractivity contribution is 0.262. The van der Waals surface area contributed by atoms with Gasteiger partial charge in [-0.05, 0) is 6.42 Å². The Balaban J connectivity index is 2.45. The van der Waals surface area contributed by atoms with E-state index in [4.69, 9.17) is 19.6 Å². The Morgan fingerprint density at radius 3 is 1.41 bits per heavy atom. The van der Waals surface area contributed by atoms with Gasteiger partial charge in [0.15, 0.2) is 0 Å². The van der Waals surface area contributed by atoms with Crippen LogP contribution in [0, 0.1) is 0 Å². The molecule has 0 spiro atoms. The number of nitrogens with zero attached hydrogens (tertiary/aromatic N) is 2. The Hall–Kier alpha value is 0.220. The summed E-state index contributed by atoms with van der Waals surface area (Å²) in [6, 6.07) is 0. The molecule has 0 aromatic heterocycles. The predicted octanol–water partition coefficient (Wildman–Crippen LogP) is -0.736. The first-order valence-corrected chi connectivity index (χ1v) is 8.79. The van der Waals surface area contributed by atoms with Crippen molar-refractivity contribution in [1.29, 1.82) is 0 Å². The first-order valence-electron chi connectivity index (χ1n) is 5.19. The maximum atomic E-state index is 10.8. The largest absolute Gasteiger partial charge is 0.339 e. The van der Waals surface area contributed by atoms with Gasteiger partial charge in [0.1, 0.15) is 12.6 Å². The zero-order valence-corrected chi connectivity index (χ0v) is 11.1. The lowest BCUT2D eigenvalue weighted by Crippen LogP contribution is -2.31.